The van der Waals surface area contributed by atoms with Gasteiger partial charge < -0.3 is 14.8 Å². The number of imide groups is 1. The van der Waals surface area contributed by atoms with Crippen LogP contribution < -0.4 is 10.8 Å². The summed E-state index contributed by atoms with van der Waals surface area (Å²) in [6.07, 6.45) is -8.28. The average Bonchev–Trinajstić information content (AvgIpc) is 3.43. The fourth-order valence-electron chi connectivity index (χ4n) is 6.34. The number of halogens is 7. The molecule has 1 aliphatic carbocycles. The molecule has 6 nitrogen and oxygen atoms in total. The van der Waals surface area contributed by atoms with Crippen molar-refractivity contribution in [1.29, 1.82) is 0 Å². The minimum atomic E-state index is -5.67. The predicted molar refractivity (Wildman–Crippen MR) is 147 cm³/mol. The van der Waals surface area contributed by atoms with Crippen molar-refractivity contribution in [3.63, 3.8) is 0 Å². The molecule has 0 saturated carbocycles. The van der Waals surface area contributed by atoms with Gasteiger partial charge in [-0.1, -0.05) is 50.4 Å². The van der Waals surface area contributed by atoms with Crippen molar-refractivity contribution in [2.45, 2.75) is 82.8 Å². The SMILES string of the molecule is [B]c1cc(C2(C)NC(=O)N(CCCCOC3=C(CCC)C4COC(C(F)(F)F)(C(F)(F)F)C4C=C3CCC)C2=O)ccc1F. The molecule has 0 bridgehead atoms. The third-order valence-corrected chi connectivity index (χ3v) is 8.56. The number of hydrogen-bond acceptors (Lipinski definition) is 4. The molecule has 1 aromatic carbocycles. The van der Waals surface area contributed by atoms with Crippen LogP contribution in [0.2, 0.25) is 0 Å². The third-order valence-electron chi connectivity index (χ3n) is 8.56. The standard InChI is InChI=1S/C30H34BF7N2O4/c1-4-8-17-14-21-20(16-44-28(21,29(33,34)35)30(36,37)38)19(9-5-2)24(17)43-13-7-6-12-40-25(41)27(3,39-26(40)42)18-10-11-23(32)22(31)15-18/h10-11,14-15,20-21H,4-9,12-13,16H2,1-3H3,(H,39,42). The van der Waals surface area contributed by atoms with Crippen LogP contribution in [0.5, 0.6) is 0 Å². The first-order valence-corrected chi connectivity index (χ1v) is 14.6. The van der Waals surface area contributed by atoms with E-state index in [1.807, 2.05) is 0 Å². The van der Waals surface area contributed by atoms with Gasteiger partial charge in [-0.25, -0.2) is 9.18 Å². The van der Waals surface area contributed by atoms with Crippen molar-refractivity contribution in [3.8, 4) is 0 Å². The molecule has 1 aromatic rings. The zero-order valence-corrected chi connectivity index (χ0v) is 24.6. The largest absolute Gasteiger partial charge is 0.493 e. The van der Waals surface area contributed by atoms with E-state index in [-0.39, 0.29) is 37.0 Å². The minimum absolute atomic E-state index is 0.0248. The third kappa shape index (κ3) is 5.74. The predicted octanol–water partition coefficient (Wildman–Crippen LogP) is 6.10. The second-order valence-corrected chi connectivity index (χ2v) is 11.5. The highest BCUT2D eigenvalue weighted by atomic mass is 19.4. The van der Waals surface area contributed by atoms with E-state index < -0.39 is 59.7 Å². The van der Waals surface area contributed by atoms with Crippen LogP contribution in [0.1, 0.15) is 64.9 Å². The second-order valence-electron chi connectivity index (χ2n) is 11.5. The highest BCUT2D eigenvalue weighted by Crippen LogP contribution is 2.60. The molecule has 14 heteroatoms. The topological polar surface area (TPSA) is 67.9 Å². The van der Waals surface area contributed by atoms with E-state index in [1.165, 1.54) is 19.1 Å². The summed E-state index contributed by atoms with van der Waals surface area (Å²) in [5.74, 6) is -4.03. The molecular weight excluding hydrogens is 596 g/mol. The Balaban J connectivity index is 1.47. The van der Waals surface area contributed by atoms with E-state index in [2.05, 4.69) is 10.1 Å². The van der Waals surface area contributed by atoms with Crippen LogP contribution in [-0.2, 0) is 19.8 Å². The molecule has 3 amide bonds. The van der Waals surface area contributed by atoms with Crippen molar-refractivity contribution < 1.29 is 49.8 Å². The maximum absolute atomic E-state index is 14.1. The molecule has 3 aliphatic rings. The number of carbonyl (C=O) groups is 2. The van der Waals surface area contributed by atoms with E-state index in [9.17, 15) is 40.3 Å². The number of rotatable bonds is 11. The normalized spacial score (nSPS) is 25.3. The Morgan fingerprint density at radius 1 is 1.07 bits per heavy atom. The van der Waals surface area contributed by atoms with Crippen LogP contribution in [0, 0.1) is 17.7 Å². The van der Waals surface area contributed by atoms with Gasteiger partial charge in [0, 0.05) is 18.4 Å². The molecule has 2 saturated heterocycles. The molecule has 2 radical (unpaired) electrons. The number of carbonyl (C=O) groups excluding carboxylic acids is 2. The van der Waals surface area contributed by atoms with Crippen molar-refractivity contribution >= 4 is 25.2 Å². The van der Waals surface area contributed by atoms with Gasteiger partial charge in [-0.05, 0) is 55.4 Å². The molecule has 2 fully saturated rings. The van der Waals surface area contributed by atoms with Crippen molar-refractivity contribution in [2.24, 2.45) is 11.8 Å². The molecule has 1 N–H and O–H groups in total. The smallest absolute Gasteiger partial charge is 0.427 e. The Morgan fingerprint density at radius 2 is 1.73 bits per heavy atom. The molecule has 0 spiro atoms. The lowest BCUT2D eigenvalue weighted by atomic mass is 9.70. The lowest BCUT2D eigenvalue weighted by molar-refractivity contribution is -0.376. The molecule has 240 valence electrons. The molecule has 44 heavy (non-hydrogen) atoms. The summed E-state index contributed by atoms with van der Waals surface area (Å²) in [4.78, 5) is 26.8. The van der Waals surface area contributed by atoms with E-state index in [0.29, 0.717) is 42.6 Å². The minimum Gasteiger partial charge on any atom is -0.493 e. The Morgan fingerprint density at radius 3 is 2.32 bits per heavy atom. The lowest BCUT2D eigenvalue weighted by Crippen LogP contribution is -2.61. The monoisotopic (exact) mass is 630 g/mol. The van der Waals surface area contributed by atoms with E-state index in [4.69, 9.17) is 12.6 Å². The number of amides is 3. The fourth-order valence-corrected chi connectivity index (χ4v) is 6.34. The van der Waals surface area contributed by atoms with E-state index >= 15 is 0 Å². The van der Waals surface area contributed by atoms with Gasteiger partial charge in [-0.3, -0.25) is 9.69 Å². The summed E-state index contributed by atoms with van der Waals surface area (Å²) in [5, 5.41) is 2.62. The quantitative estimate of drug-likeness (QED) is 0.139. The number of hydrogen-bond donors (Lipinski definition) is 1. The Labute approximate surface area is 252 Å². The number of fused-ring (bicyclic) bond motifs is 1. The van der Waals surface area contributed by atoms with Crippen molar-refractivity contribution in [2.75, 3.05) is 19.8 Å². The number of benzene rings is 1. The number of alkyl halides is 6. The Bertz CT molecular complexity index is 1330. The van der Waals surface area contributed by atoms with Gasteiger partial charge in [0.1, 0.15) is 25.0 Å². The highest BCUT2D eigenvalue weighted by molar-refractivity contribution is 6.32. The van der Waals surface area contributed by atoms with Gasteiger partial charge >= 0.3 is 18.4 Å². The average molecular weight is 630 g/mol. The fraction of sp³-hybridized carbons (Fsp3) is 0.600. The van der Waals surface area contributed by atoms with Crippen LogP contribution in [0.25, 0.3) is 0 Å². The van der Waals surface area contributed by atoms with E-state index in [0.717, 1.165) is 17.0 Å². The maximum Gasteiger partial charge on any atom is 0.427 e. The van der Waals surface area contributed by atoms with Crippen molar-refractivity contribution in [3.05, 3.63) is 52.6 Å². The first kappa shape index (κ1) is 33.9. The van der Waals surface area contributed by atoms with Gasteiger partial charge in [-0.15, -0.1) is 0 Å². The molecule has 3 unspecified atom stereocenters. The summed E-state index contributed by atoms with van der Waals surface area (Å²) in [7, 11) is 5.63. The van der Waals surface area contributed by atoms with Crippen molar-refractivity contribution in [1.82, 2.24) is 10.2 Å². The number of nitrogens with one attached hydrogen (secondary N) is 1. The van der Waals surface area contributed by atoms with Gasteiger partial charge in [0.15, 0.2) is 0 Å². The molecule has 4 rings (SSSR count). The number of nitrogens with zero attached hydrogens (tertiary/aromatic N) is 1. The molecule has 2 aliphatic heterocycles. The number of unbranched alkanes of at least 4 members (excludes halogenated alkanes) is 1. The zero-order chi connectivity index (χ0) is 32.7. The second kappa shape index (κ2) is 12.4. The van der Waals surface area contributed by atoms with Gasteiger partial charge in [0.05, 0.1) is 13.2 Å². The number of urea groups is 1. The maximum atomic E-state index is 14.1. The van der Waals surface area contributed by atoms with E-state index in [1.54, 1.807) is 13.8 Å². The van der Waals surface area contributed by atoms with Gasteiger partial charge in [0.25, 0.3) is 11.5 Å². The van der Waals surface area contributed by atoms with Crippen LogP contribution in [0.4, 0.5) is 35.5 Å². The van der Waals surface area contributed by atoms with Crippen LogP contribution >= 0.6 is 0 Å². The molecule has 3 atom stereocenters. The summed E-state index contributed by atoms with van der Waals surface area (Å²) < 4.78 is 109. The Kier molecular flexibility index (Phi) is 9.54. The van der Waals surface area contributed by atoms with Gasteiger partial charge in [0.2, 0.25) is 0 Å². The lowest BCUT2D eigenvalue weighted by Gasteiger charge is -2.39. The van der Waals surface area contributed by atoms with Crippen LogP contribution in [0.3, 0.4) is 0 Å². The summed E-state index contributed by atoms with van der Waals surface area (Å²) in [6.45, 7) is 4.37. The molecule has 2 heterocycles. The zero-order valence-electron chi connectivity index (χ0n) is 24.6. The number of allylic oxidation sites excluding steroid dienone is 1. The molecule has 0 aromatic heterocycles. The van der Waals surface area contributed by atoms with Crippen LogP contribution in [-0.4, -0.2) is 62.4 Å². The molecular formula is C30H34BF7N2O4. The number of ether oxygens (including phenoxy) is 2. The first-order chi connectivity index (χ1) is 20.5. The van der Waals surface area contributed by atoms with Crippen LogP contribution in [0.15, 0.2) is 41.2 Å². The Hall–Kier alpha value is -3.03. The summed E-state index contributed by atoms with van der Waals surface area (Å²) >= 11 is 0. The van der Waals surface area contributed by atoms with Gasteiger partial charge in [-0.2, -0.15) is 26.3 Å². The summed E-state index contributed by atoms with van der Waals surface area (Å²) in [5.41, 5.74) is -4.94. The highest BCUT2D eigenvalue weighted by Gasteiger charge is 2.79. The summed E-state index contributed by atoms with van der Waals surface area (Å²) in [6, 6.07) is 3.11. The first-order valence-electron chi connectivity index (χ1n) is 14.6.